The molecule has 7 rings (SSSR count). The molecule has 0 unspecified atom stereocenters. The lowest BCUT2D eigenvalue weighted by molar-refractivity contribution is -0.274. The van der Waals surface area contributed by atoms with Gasteiger partial charge in [-0.3, -0.25) is 4.79 Å². The maximum atomic E-state index is 14.5. The fraction of sp³-hybridized carbons (Fsp3) is 0.419. The zero-order valence-corrected chi connectivity index (χ0v) is 34.0. The summed E-state index contributed by atoms with van der Waals surface area (Å²) >= 11 is 6.28. The molecule has 1 fully saturated rings. The fourth-order valence-electron chi connectivity index (χ4n) is 8.41. The van der Waals surface area contributed by atoms with Crippen molar-refractivity contribution in [2.45, 2.75) is 95.5 Å². The van der Waals surface area contributed by atoms with Gasteiger partial charge in [0.15, 0.2) is 5.76 Å². The predicted molar refractivity (Wildman–Crippen MR) is 209 cm³/mol. The van der Waals surface area contributed by atoms with Crippen LogP contribution in [0.1, 0.15) is 96.7 Å². The van der Waals surface area contributed by atoms with E-state index in [1.54, 1.807) is 18.2 Å². The Kier molecular flexibility index (Phi) is 12.6. The highest BCUT2D eigenvalue weighted by Gasteiger charge is 2.58. The van der Waals surface area contributed by atoms with Gasteiger partial charge >= 0.3 is 12.5 Å². The van der Waals surface area contributed by atoms with Crippen molar-refractivity contribution in [1.82, 2.24) is 4.31 Å². The molecule has 16 heteroatoms. The number of ketones is 1. The SMILES string of the molecule is CC1=CCC[C@@]2(C)[C@@H](CC[C@@]2(O)CN(Cc2ccc(OC(F)(F)F)cc2)S(C)(=O)=O)c2ccc(cc2C(=O)c2ccc(-c3cc(C(F)(F)F)ccc3Cl)o2)C[C@@H](O)CC1. The molecule has 318 valence electrons. The van der Waals surface area contributed by atoms with E-state index in [4.69, 9.17) is 16.0 Å². The number of nitrogens with zero attached hydrogens (tertiary/aromatic N) is 1. The molecule has 3 aliphatic carbocycles. The number of aliphatic hydroxyl groups excluding tert-OH is 1. The number of aliphatic hydroxyl groups is 2. The van der Waals surface area contributed by atoms with E-state index in [0.717, 1.165) is 46.5 Å². The molecule has 3 aliphatic rings. The Morgan fingerprint density at radius 2 is 1.69 bits per heavy atom. The summed E-state index contributed by atoms with van der Waals surface area (Å²) in [7, 11) is -4.01. The second-order valence-electron chi connectivity index (χ2n) is 15.9. The van der Waals surface area contributed by atoms with Gasteiger partial charge < -0.3 is 19.4 Å². The molecule has 1 heterocycles. The number of hydrogen-bond acceptors (Lipinski definition) is 7. The third kappa shape index (κ3) is 10.1. The van der Waals surface area contributed by atoms with Gasteiger partial charge in [-0.1, -0.05) is 54.4 Å². The Morgan fingerprint density at radius 1 is 0.983 bits per heavy atom. The molecule has 3 aromatic carbocycles. The van der Waals surface area contributed by atoms with E-state index < -0.39 is 62.7 Å². The van der Waals surface area contributed by atoms with Crippen molar-refractivity contribution in [3.63, 3.8) is 0 Å². The first-order valence-corrected chi connectivity index (χ1v) is 21.2. The third-order valence-corrected chi connectivity index (χ3v) is 13.3. The fourth-order valence-corrected chi connectivity index (χ4v) is 9.45. The summed E-state index contributed by atoms with van der Waals surface area (Å²) in [5, 5.41) is 23.7. The molecule has 1 saturated carbocycles. The molecular weight excluding hydrogens is 824 g/mol. The van der Waals surface area contributed by atoms with E-state index >= 15 is 0 Å². The number of furan rings is 1. The number of rotatable bonds is 9. The zero-order chi connectivity index (χ0) is 43.1. The Labute approximate surface area is 343 Å². The van der Waals surface area contributed by atoms with Gasteiger partial charge in [-0.25, -0.2) is 8.42 Å². The summed E-state index contributed by atoms with van der Waals surface area (Å²) in [5.41, 5.74) is -1.02. The Morgan fingerprint density at radius 3 is 2.36 bits per heavy atom. The van der Waals surface area contributed by atoms with Gasteiger partial charge in [-0.15, -0.1) is 13.2 Å². The van der Waals surface area contributed by atoms with Gasteiger partial charge in [0, 0.05) is 29.6 Å². The largest absolute Gasteiger partial charge is 0.573 e. The molecule has 2 N–H and O–H groups in total. The van der Waals surface area contributed by atoms with Crippen LogP contribution in [0, 0.1) is 5.41 Å². The summed E-state index contributed by atoms with van der Waals surface area (Å²) in [4.78, 5) is 14.5. The highest BCUT2D eigenvalue weighted by molar-refractivity contribution is 7.88. The second kappa shape index (κ2) is 16.7. The van der Waals surface area contributed by atoms with Crippen molar-refractivity contribution in [2.24, 2.45) is 5.41 Å². The zero-order valence-electron chi connectivity index (χ0n) is 32.5. The van der Waals surface area contributed by atoms with Crippen molar-refractivity contribution >= 4 is 27.4 Å². The lowest BCUT2D eigenvalue weighted by Gasteiger charge is -2.45. The van der Waals surface area contributed by atoms with Crippen LogP contribution in [0.4, 0.5) is 26.3 Å². The van der Waals surface area contributed by atoms with Gasteiger partial charge in [0.25, 0.3) is 0 Å². The molecule has 2 bridgehead atoms. The van der Waals surface area contributed by atoms with E-state index in [0.29, 0.717) is 48.8 Å². The van der Waals surface area contributed by atoms with Crippen molar-refractivity contribution in [1.29, 1.82) is 0 Å². The Balaban J connectivity index is 1.40. The molecule has 4 aromatic rings. The van der Waals surface area contributed by atoms with Crippen LogP contribution in [0.2, 0.25) is 5.02 Å². The number of carbonyl (C=O) groups is 1. The van der Waals surface area contributed by atoms with Gasteiger partial charge in [-0.2, -0.15) is 17.5 Å². The number of allylic oxidation sites excluding steroid dienone is 2. The summed E-state index contributed by atoms with van der Waals surface area (Å²) in [6.45, 7) is 3.18. The normalized spacial score (nSPS) is 23.2. The van der Waals surface area contributed by atoms with E-state index in [-0.39, 0.29) is 53.6 Å². The van der Waals surface area contributed by atoms with E-state index in [2.05, 4.69) is 4.74 Å². The number of carbonyl (C=O) groups excluding carboxylic acids is 1. The van der Waals surface area contributed by atoms with Crippen LogP contribution < -0.4 is 4.74 Å². The monoisotopic (exact) mass is 867 g/mol. The van der Waals surface area contributed by atoms with Crippen LogP contribution in [-0.2, 0) is 29.2 Å². The summed E-state index contributed by atoms with van der Waals surface area (Å²) in [6.07, 6.45) is -4.80. The van der Waals surface area contributed by atoms with E-state index in [1.165, 1.54) is 24.3 Å². The predicted octanol–water partition coefficient (Wildman–Crippen LogP) is 10.2. The van der Waals surface area contributed by atoms with Crippen molar-refractivity contribution < 1.29 is 58.9 Å². The maximum absolute atomic E-state index is 14.5. The van der Waals surface area contributed by atoms with Gasteiger partial charge in [0.2, 0.25) is 15.8 Å². The molecule has 8 nitrogen and oxygen atoms in total. The van der Waals surface area contributed by atoms with Crippen LogP contribution in [0.25, 0.3) is 11.3 Å². The van der Waals surface area contributed by atoms with Gasteiger partial charge in [-0.05, 0) is 123 Å². The molecule has 0 aliphatic heterocycles. The summed E-state index contributed by atoms with van der Waals surface area (Å²) < 4.78 is 117. The number of sulfonamides is 1. The summed E-state index contributed by atoms with van der Waals surface area (Å²) in [6, 6.07) is 15.5. The molecule has 0 saturated heterocycles. The average molecular weight is 868 g/mol. The molecule has 0 spiro atoms. The maximum Gasteiger partial charge on any atom is 0.573 e. The number of hydrogen-bond donors (Lipinski definition) is 2. The molecule has 1 aromatic heterocycles. The number of alkyl halides is 6. The minimum Gasteiger partial charge on any atom is -0.453 e. The number of ether oxygens (including phenoxy) is 1. The van der Waals surface area contributed by atoms with Crippen molar-refractivity contribution in [2.75, 3.05) is 12.8 Å². The molecule has 4 atom stereocenters. The van der Waals surface area contributed by atoms with Crippen molar-refractivity contribution in [3.8, 4) is 17.1 Å². The minimum atomic E-state index is -4.91. The average Bonchev–Trinajstić information content (AvgIpc) is 3.72. The number of benzene rings is 3. The van der Waals surface area contributed by atoms with Gasteiger partial charge in [0.05, 0.1) is 28.5 Å². The third-order valence-electron chi connectivity index (χ3n) is 11.7. The first-order valence-electron chi connectivity index (χ1n) is 19.0. The van der Waals surface area contributed by atoms with Gasteiger partial charge in [0.1, 0.15) is 11.5 Å². The standard InChI is InChI=1S/C43H44ClF6NO7S/c1-26-5-4-19-40(2)35(18-20-41(40,54)25-51(59(3,55)56)24-27-7-12-31(13-8-27)58-43(48,49)50)32-14-9-28(21-30(52)11-6-26)22-33(32)39(53)38-17-16-37(57-38)34-23-29(42(45,46)47)10-15-36(34)44/h5,7-10,12-17,22-23,30,35,52,54H,4,6,11,18-21,24-25H2,1-3H3/t30-,35-,40-,41+/m0/s1. The Hall–Kier alpha value is -4.15. The lowest BCUT2D eigenvalue weighted by atomic mass is 9.65. The summed E-state index contributed by atoms with van der Waals surface area (Å²) in [5.74, 6) is -1.85. The Bertz CT molecular complexity index is 2330. The topological polar surface area (TPSA) is 117 Å². The van der Waals surface area contributed by atoms with Crippen LogP contribution >= 0.6 is 11.6 Å². The molecule has 59 heavy (non-hydrogen) atoms. The highest BCUT2D eigenvalue weighted by atomic mass is 35.5. The highest BCUT2D eigenvalue weighted by Crippen LogP contribution is 2.59. The first kappa shape index (κ1) is 44.4. The van der Waals surface area contributed by atoms with Crippen LogP contribution in [0.3, 0.4) is 0 Å². The van der Waals surface area contributed by atoms with Crippen LogP contribution in [-0.4, -0.2) is 59.6 Å². The van der Waals surface area contributed by atoms with Crippen LogP contribution in [0.15, 0.2) is 88.9 Å². The number of halogens is 7. The van der Waals surface area contributed by atoms with Crippen molar-refractivity contribution in [3.05, 3.63) is 123 Å². The second-order valence-corrected chi connectivity index (χ2v) is 18.2. The quantitative estimate of drug-likeness (QED) is 0.0977. The molecule has 0 amide bonds. The van der Waals surface area contributed by atoms with E-state index in [1.807, 2.05) is 19.9 Å². The smallest absolute Gasteiger partial charge is 0.453 e. The number of fused-ring (bicyclic) bond motifs is 8. The lowest BCUT2D eigenvalue weighted by Crippen LogP contribution is -2.53. The van der Waals surface area contributed by atoms with E-state index in [9.17, 15) is 49.8 Å². The molecule has 0 radical (unpaired) electrons. The minimum absolute atomic E-state index is 0.0228. The first-order chi connectivity index (χ1) is 27.5. The molecular formula is C43H44ClF6NO7S. The van der Waals surface area contributed by atoms with Crippen LogP contribution in [0.5, 0.6) is 5.75 Å².